The molecule has 8 heteroatoms. The summed E-state index contributed by atoms with van der Waals surface area (Å²) in [4.78, 5) is 20.0. The molecule has 0 aliphatic heterocycles. The van der Waals surface area contributed by atoms with Crippen LogP contribution in [0.4, 0.5) is 17.6 Å². The Morgan fingerprint density at radius 2 is 1.85 bits per heavy atom. The first-order valence-corrected chi connectivity index (χ1v) is 2.95. The second kappa shape index (κ2) is 4.06. The van der Waals surface area contributed by atoms with E-state index >= 15 is 0 Å². The second-order valence-electron chi connectivity index (χ2n) is 2.02. The third-order valence-electron chi connectivity index (χ3n) is 1.02. The number of carbonyl (C=O) groups is 2. The third kappa shape index (κ3) is 3.72. The minimum Gasteiger partial charge on any atom is -0.480 e. The molecule has 0 bridgehead atoms. The van der Waals surface area contributed by atoms with Gasteiger partial charge in [0.05, 0.1) is 0 Å². The molecule has 4 nitrogen and oxygen atoms in total. The van der Waals surface area contributed by atoms with E-state index in [-0.39, 0.29) is 0 Å². The van der Waals surface area contributed by atoms with Crippen LogP contribution < -0.4 is 5.32 Å². The van der Waals surface area contributed by atoms with Crippen LogP contribution >= 0.6 is 0 Å². The van der Waals surface area contributed by atoms with E-state index in [0.29, 0.717) is 0 Å². The largest absolute Gasteiger partial charge is 0.480 e. The second-order valence-corrected chi connectivity index (χ2v) is 2.02. The topological polar surface area (TPSA) is 66.4 Å². The number of halogens is 4. The van der Waals surface area contributed by atoms with Crippen LogP contribution in [0.2, 0.25) is 0 Å². The maximum Gasteiger partial charge on any atom is 0.471 e. The van der Waals surface area contributed by atoms with Gasteiger partial charge in [-0.15, -0.1) is 0 Å². The number of hydrogen-bond donors (Lipinski definition) is 2. The first-order valence-electron chi connectivity index (χ1n) is 2.95. The van der Waals surface area contributed by atoms with Crippen molar-refractivity contribution in [2.24, 2.45) is 0 Å². The average molecular weight is 203 g/mol. The minimum absolute atomic E-state index is 0.968. The van der Waals surface area contributed by atoms with Crippen molar-refractivity contribution in [3.05, 3.63) is 0 Å². The smallest absolute Gasteiger partial charge is 0.471 e. The van der Waals surface area contributed by atoms with E-state index < -0.39 is 30.8 Å². The van der Waals surface area contributed by atoms with Gasteiger partial charge >= 0.3 is 18.1 Å². The van der Waals surface area contributed by atoms with E-state index in [4.69, 9.17) is 5.11 Å². The molecule has 0 aliphatic carbocycles. The Morgan fingerprint density at radius 3 is 2.08 bits per heavy atom. The lowest BCUT2D eigenvalue weighted by atomic mass is 10.3. The molecule has 0 aromatic carbocycles. The monoisotopic (exact) mass is 203 g/mol. The average Bonchev–Trinajstić information content (AvgIpc) is 1.96. The molecule has 0 aromatic heterocycles. The molecule has 0 fully saturated rings. The molecule has 0 aliphatic rings. The molecular weight excluding hydrogens is 198 g/mol. The number of aliphatic carboxylic acids is 1. The maximum atomic E-state index is 11.7. The summed E-state index contributed by atoms with van der Waals surface area (Å²) in [5, 5.41) is 9.03. The molecule has 13 heavy (non-hydrogen) atoms. The van der Waals surface area contributed by atoms with Crippen LogP contribution in [0.1, 0.15) is 0 Å². The van der Waals surface area contributed by atoms with Crippen LogP contribution in [0.25, 0.3) is 0 Å². The summed E-state index contributed by atoms with van der Waals surface area (Å²) in [6, 6.07) is -2.16. The molecule has 0 saturated heterocycles. The molecular formula is C5H5F4NO3. The molecule has 0 rings (SSSR count). The van der Waals surface area contributed by atoms with Gasteiger partial charge in [0.25, 0.3) is 0 Å². The van der Waals surface area contributed by atoms with E-state index in [2.05, 4.69) is 0 Å². The van der Waals surface area contributed by atoms with Crippen molar-refractivity contribution in [2.75, 3.05) is 6.67 Å². The fraction of sp³-hybridized carbons (Fsp3) is 0.600. The Kier molecular flexibility index (Phi) is 3.64. The van der Waals surface area contributed by atoms with Crippen LogP contribution in [-0.2, 0) is 9.59 Å². The highest BCUT2D eigenvalue weighted by molar-refractivity contribution is 5.86. The summed E-state index contributed by atoms with van der Waals surface area (Å²) in [6.45, 7) is -1.60. The number of rotatable bonds is 3. The number of alkyl halides is 4. The van der Waals surface area contributed by atoms with Crippen LogP contribution in [0.15, 0.2) is 0 Å². The molecule has 0 saturated carbocycles. The van der Waals surface area contributed by atoms with Gasteiger partial charge in [0.15, 0.2) is 6.04 Å². The van der Waals surface area contributed by atoms with Gasteiger partial charge in [-0.05, 0) is 0 Å². The lowest BCUT2D eigenvalue weighted by Gasteiger charge is -2.11. The summed E-state index contributed by atoms with van der Waals surface area (Å²) in [6.07, 6.45) is -5.21. The number of carboxylic acids is 1. The van der Waals surface area contributed by atoms with E-state index in [0.717, 1.165) is 5.32 Å². The normalized spacial score (nSPS) is 13.5. The highest BCUT2D eigenvalue weighted by atomic mass is 19.4. The van der Waals surface area contributed by atoms with Crippen molar-refractivity contribution in [2.45, 2.75) is 12.2 Å². The Hall–Kier alpha value is -1.34. The Bertz CT molecular complexity index is 214. The van der Waals surface area contributed by atoms with Crippen molar-refractivity contribution in [3.63, 3.8) is 0 Å². The molecule has 0 radical (unpaired) electrons. The van der Waals surface area contributed by atoms with E-state index in [9.17, 15) is 27.2 Å². The fourth-order valence-electron chi connectivity index (χ4n) is 0.406. The van der Waals surface area contributed by atoms with E-state index in [1.54, 1.807) is 0 Å². The Balaban J connectivity index is 4.26. The predicted octanol–water partition coefficient (Wildman–Crippen LogP) is 0.0876. The van der Waals surface area contributed by atoms with Crippen LogP contribution in [0.5, 0.6) is 0 Å². The Morgan fingerprint density at radius 1 is 1.38 bits per heavy atom. The number of hydrogen-bond acceptors (Lipinski definition) is 2. The highest BCUT2D eigenvalue weighted by Crippen LogP contribution is 2.14. The quantitative estimate of drug-likeness (QED) is 0.638. The molecule has 1 amide bonds. The zero-order chi connectivity index (χ0) is 10.6. The van der Waals surface area contributed by atoms with Gasteiger partial charge in [0.1, 0.15) is 6.67 Å². The van der Waals surface area contributed by atoms with Gasteiger partial charge in [-0.2, -0.15) is 13.2 Å². The van der Waals surface area contributed by atoms with Gasteiger partial charge in [-0.3, -0.25) is 4.79 Å². The molecule has 0 spiro atoms. The van der Waals surface area contributed by atoms with Gasteiger partial charge in [0, 0.05) is 0 Å². The molecule has 76 valence electrons. The van der Waals surface area contributed by atoms with Crippen molar-refractivity contribution in [1.82, 2.24) is 5.32 Å². The van der Waals surface area contributed by atoms with Crippen molar-refractivity contribution >= 4 is 11.9 Å². The van der Waals surface area contributed by atoms with Crippen LogP contribution in [0, 0.1) is 0 Å². The lowest BCUT2D eigenvalue weighted by Crippen LogP contribution is -2.47. The van der Waals surface area contributed by atoms with Crippen molar-refractivity contribution < 1.29 is 32.3 Å². The fourth-order valence-corrected chi connectivity index (χ4v) is 0.406. The lowest BCUT2D eigenvalue weighted by molar-refractivity contribution is -0.175. The molecule has 0 unspecified atom stereocenters. The van der Waals surface area contributed by atoms with Crippen molar-refractivity contribution in [3.8, 4) is 0 Å². The van der Waals surface area contributed by atoms with E-state index in [1.165, 1.54) is 0 Å². The number of carboxylic acid groups (broad SMARTS) is 1. The van der Waals surface area contributed by atoms with Crippen LogP contribution in [0.3, 0.4) is 0 Å². The SMILES string of the molecule is O=C(O)[C@@H](CF)NC(=O)C(F)(F)F. The van der Waals surface area contributed by atoms with Gasteiger partial charge in [-0.25, -0.2) is 9.18 Å². The summed E-state index contributed by atoms with van der Waals surface area (Å²) < 4.78 is 46.1. The predicted molar refractivity (Wildman–Crippen MR) is 31.6 cm³/mol. The molecule has 2 N–H and O–H groups in total. The number of carbonyl (C=O) groups excluding carboxylic acids is 1. The summed E-state index contributed by atoms with van der Waals surface area (Å²) in [5.74, 6) is -4.34. The first-order chi connectivity index (χ1) is 5.79. The Labute approximate surface area is 69.5 Å². The zero-order valence-electron chi connectivity index (χ0n) is 6.06. The van der Waals surface area contributed by atoms with Gasteiger partial charge in [0.2, 0.25) is 0 Å². The summed E-state index contributed by atoms with van der Waals surface area (Å²) >= 11 is 0. The number of amides is 1. The first kappa shape index (κ1) is 11.7. The summed E-state index contributed by atoms with van der Waals surface area (Å²) in [5.41, 5.74) is 0. The van der Waals surface area contributed by atoms with Gasteiger partial charge < -0.3 is 10.4 Å². The highest BCUT2D eigenvalue weighted by Gasteiger charge is 2.40. The van der Waals surface area contributed by atoms with Crippen LogP contribution in [-0.4, -0.2) is 35.9 Å². The minimum atomic E-state index is -5.21. The van der Waals surface area contributed by atoms with E-state index in [1.807, 2.05) is 0 Å². The van der Waals surface area contributed by atoms with Gasteiger partial charge in [-0.1, -0.05) is 0 Å². The molecule has 0 heterocycles. The standard InChI is InChI=1S/C5H5F4NO3/c6-1-2(3(11)12)10-4(13)5(7,8)9/h2H,1H2,(H,10,13)(H,11,12)/t2-/m1/s1. The summed E-state index contributed by atoms with van der Waals surface area (Å²) in [7, 11) is 0. The molecule has 1 atom stereocenters. The maximum absolute atomic E-state index is 11.7. The third-order valence-corrected chi connectivity index (χ3v) is 1.02. The zero-order valence-corrected chi connectivity index (χ0v) is 6.06. The van der Waals surface area contributed by atoms with Crippen molar-refractivity contribution in [1.29, 1.82) is 0 Å². The molecule has 0 aromatic rings. The number of nitrogens with one attached hydrogen (secondary N) is 1.